The topological polar surface area (TPSA) is 44.7 Å². The van der Waals surface area contributed by atoms with Gasteiger partial charge in [0.25, 0.3) is 0 Å². The maximum Gasteiger partial charge on any atom is 0.142 e. The Hall–Kier alpha value is -1.26. The first-order chi connectivity index (χ1) is 8.54. The molecule has 1 saturated heterocycles. The van der Waals surface area contributed by atoms with Gasteiger partial charge in [-0.3, -0.25) is 0 Å². The summed E-state index contributed by atoms with van der Waals surface area (Å²) in [6, 6.07) is 7.95. The Morgan fingerprint density at radius 1 is 1.39 bits per heavy atom. The molecule has 1 unspecified atom stereocenters. The largest absolute Gasteiger partial charge is 0.495 e. The zero-order valence-corrected chi connectivity index (χ0v) is 11.3. The van der Waals surface area contributed by atoms with Crippen LogP contribution in [0.15, 0.2) is 24.3 Å². The van der Waals surface area contributed by atoms with Crippen LogP contribution in [-0.2, 0) is 0 Å². The van der Waals surface area contributed by atoms with Crippen molar-refractivity contribution in [3.05, 3.63) is 24.3 Å². The van der Waals surface area contributed by atoms with E-state index in [1.165, 1.54) is 0 Å². The molecule has 1 aromatic rings. The third kappa shape index (κ3) is 2.60. The number of para-hydroxylation sites is 2. The van der Waals surface area contributed by atoms with E-state index >= 15 is 0 Å². The van der Waals surface area contributed by atoms with Crippen LogP contribution in [-0.4, -0.2) is 43.5 Å². The lowest BCUT2D eigenvalue weighted by Gasteiger charge is -2.39. The first kappa shape index (κ1) is 13.2. The van der Waals surface area contributed by atoms with Crippen LogP contribution < -0.4 is 15.0 Å². The first-order valence-electron chi connectivity index (χ1n) is 6.34. The molecular formula is C14H22N2O2. The Labute approximate surface area is 109 Å². The molecule has 18 heavy (non-hydrogen) atoms. The highest BCUT2D eigenvalue weighted by atomic mass is 16.5. The highest BCUT2D eigenvalue weighted by Gasteiger charge is 2.32. The molecule has 2 N–H and O–H groups in total. The average molecular weight is 250 g/mol. The molecule has 0 spiro atoms. The van der Waals surface area contributed by atoms with Gasteiger partial charge in [0.15, 0.2) is 0 Å². The predicted molar refractivity (Wildman–Crippen MR) is 73.3 cm³/mol. The predicted octanol–water partition coefficient (Wildman–Crippen LogP) is 1.24. The summed E-state index contributed by atoms with van der Waals surface area (Å²) < 4.78 is 5.42. The zero-order chi connectivity index (χ0) is 13.2. The van der Waals surface area contributed by atoms with E-state index in [2.05, 4.69) is 24.1 Å². The van der Waals surface area contributed by atoms with Crippen molar-refractivity contribution in [2.75, 3.05) is 31.6 Å². The van der Waals surface area contributed by atoms with E-state index in [0.717, 1.165) is 18.0 Å². The van der Waals surface area contributed by atoms with E-state index in [1.807, 2.05) is 24.3 Å². The van der Waals surface area contributed by atoms with Gasteiger partial charge in [0, 0.05) is 25.2 Å². The summed E-state index contributed by atoms with van der Waals surface area (Å²) in [6.07, 6.45) is -0.364. The molecule has 0 aromatic heterocycles. The molecule has 100 valence electrons. The Bertz CT molecular complexity index is 407. The fourth-order valence-corrected chi connectivity index (χ4v) is 2.44. The molecular weight excluding hydrogens is 228 g/mol. The molecule has 1 atom stereocenters. The van der Waals surface area contributed by atoms with Crippen LogP contribution >= 0.6 is 0 Å². The number of rotatable bonds is 2. The third-order valence-corrected chi connectivity index (χ3v) is 3.44. The van der Waals surface area contributed by atoms with Crippen LogP contribution in [0.5, 0.6) is 5.75 Å². The Morgan fingerprint density at radius 2 is 2.11 bits per heavy atom. The molecule has 4 heteroatoms. The number of anilines is 1. The van der Waals surface area contributed by atoms with Gasteiger partial charge in [-0.25, -0.2) is 0 Å². The SMILES string of the molecule is COc1ccccc1N1CC(O)CNCC1(C)C. The minimum absolute atomic E-state index is 0.0634. The lowest BCUT2D eigenvalue weighted by molar-refractivity contribution is 0.183. The van der Waals surface area contributed by atoms with E-state index in [1.54, 1.807) is 7.11 Å². The Morgan fingerprint density at radius 3 is 2.83 bits per heavy atom. The zero-order valence-electron chi connectivity index (χ0n) is 11.3. The Kier molecular flexibility index (Phi) is 3.78. The van der Waals surface area contributed by atoms with Gasteiger partial charge >= 0.3 is 0 Å². The number of ether oxygens (including phenoxy) is 1. The molecule has 0 amide bonds. The number of hydrogen-bond acceptors (Lipinski definition) is 4. The number of hydrogen-bond donors (Lipinski definition) is 2. The van der Waals surface area contributed by atoms with Crippen molar-refractivity contribution in [1.82, 2.24) is 5.32 Å². The smallest absolute Gasteiger partial charge is 0.142 e. The van der Waals surface area contributed by atoms with Crippen LogP contribution in [0.2, 0.25) is 0 Å². The summed E-state index contributed by atoms with van der Waals surface area (Å²) in [6.45, 7) is 6.42. The molecule has 1 aliphatic rings. The highest BCUT2D eigenvalue weighted by molar-refractivity contribution is 5.60. The lowest BCUT2D eigenvalue weighted by Crippen LogP contribution is -2.49. The van der Waals surface area contributed by atoms with Crippen LogP contribution in [0.1, 0.15) is 13.8 Å². The van der Waals surface area contributed by atoms with Crippen molar-refractivity contribution in [1.29, 1.82) is 0 Å². The van der Waals surface area contributed by atoms with E-state index in [0.29, 0.717) is 13.1 Å². The monoisotopic (exact) mass is 250 g/mol. The molecule has 1 fully saturated rings. The van der Waals surface area contributed by atoms with Gasteiger partial charge in [-0.15, -0.1) is 0 Å². The van der Waals surface area contributed by atoms with Crippen LogP contribution in [0.3, 0.4) is 0 Å². The van der Waals surface area contributed by atoms with Crippen molar-refractivity contribution >= 4 is 5.69 Å². The summed E-state index contributed by atoms with van der Waals surface area (Å²) in [7, 11) is 1.68. The second kappa shape index (κ2) is 5.16. The van der Waals surface area contributed by atoms with Crippen molar-refractivity contribution in [2.45, 2.75) is 25.5 Å². The molecule has 4 nitrogen and oxygen atoms in total. The van der Waals surface area contributed by atoms with E-state index < -0.39 is 0 Å². The van der Waals surface area contributed by atoms with Gasteiger partial charge < -0.3 is 20.1 Å². The Balaban J connectivity index is 2.38. The van der Waals surface area contributed by atoms with Gasteiger partial charge in [0.2, 0.25) is 0 Å². The number of nitrogens with zero attached hydrogens (tertiary/aromatic N) is 1. The number of β-amino-alcohol motifs (C(OH)–C–C–N with tert-alkyl or cyclic N) is 1. The summed E-state index contributed by atoms with van der Waals surface area (Å²) in [5.41, 5.74) is 0.972. The maximum atomic E-state index is 9.97. The fourth-order valence-electron chi connectivity index (χ4n) is 2.44. The second-order valence-corrected chi connectivity index (χ2v) is 5.38. The molecule has 0 radical (unpaired) electrons. The number of benzene rings is 1. The third-order valence-electron chi connectivity index (χ3n) is 3.44. The maximum absolute atomic E-state index is 9.97. The first-order valence-corrected chi connectivity index (χ1v) is 6.34. The van der Waals surface area contributed by atoms with E-state index in [9.17, 15) is 5.11 Å². The van der Waals surface area contributed by atoms with Crippen LogP contribution in [0.25, 0.3) is 0 Å². The molecule has 1 heterocycles. The summed E-state index contributed by atoms with van der Waals surface area (Å²) in [5.74, 6) is 0.847. The van der Waals surface area contributed by atoms with Gasteiger partial charge in [0.05, 0.1) is 18.9 Å². The van der Waals surface area contributed by atoms with Gasteiger partial charge in [-0.2, -0.15) is 0 Å². The quantitative estimate of drug-likeness (QED) is 0.829. The summed E-state index contributed by atoms with van der Waals surface area (Å²) in [4.78, 5) is 2.22. The van der Waals surface area contributed by atoms with Crippen molar-refractivity contribution < 1.29 is 9.84 Å². The van der Waals surface area contributed by atoms with Gasteiger partial charge in [0.1, 0.15) is 5.75 Å². The normalized spacial score (nSPS) is 23.6. The van der Waals surface area contributed by atoms with Crippen LogP contribution in [0.4, 0.5) is 5.69 Å². The van der Waals surface area contributed by atoms with Crippen molar-refractivity contribution in [3.63, 3.8) is 0 Å². The highest BCUT2D eigenvalue weighted by Crippen LogP contribution is 2.33. The summed E-state index contributed by atoms with van der Waals surface area (Å²) >= 11 is 0. The van der Waals surface area contributed by atoms with Gasteiger partial charge in [-0.05, 0) is 26.0 Å². The molecule has 1 aromatic carbocycles. The lowest BCUT2D eigenvalue weighted by atomic mass is 10.0. The molecule has 0 aliphatic carbocycles. The molecule has 0 bridgehead atoms. The van der Waals surface area contributed by atoms with Gasteiger partial charge in [-0.1, -0.05) is 12.1 Å². The van der Waals surface area contributed by atoms with E-state index in [-0.39, 0.29) is 11.6 Å². The number of nitrogens with one attached hydrogen (secondary N) is 1. The summed E-state index contributed by atoms with van der Waals surface area (Å²) in [5, 5.41) is 13.3. The van der Waals surface area contributed by atoms with Crippen molar-refractivity contribution in [2.24, 2.45) is 0 Å². The van der Waals surface area contributed by atoms with Crippen molar-refractivity contribution in [3.8, 4) is 5.75 Å². The van der Waals surface area contributed by atoms with E-state index in [4.69, 9.17) is 4.74 Å². The fraction of sp³-hybridized carbons (Fsp3) is 0.571. The average Bonchev–Trinajstić information content (AvgIpc) is 2.48. The molecule has 1 aliphatic heterocycles. The number of aliphatic hydroxyl groups excluding tert-OH is 1. The van der Waals surface area contributed by atoms with Crippen LogP contribution in [0, 0.1) is 0 Å². The molecule has 2 rings (SSSR count). The minimum Gasteiger partial charge on any atom is -0.495 e. The standard InChI is InChI=1S/C14H22N2O2/c1-14(2)10-15-8-11(17)9-16(14)12-6-4-5-7-13(12)18-3/h4-7,11,15,17H,8-10H2,1-3H3. The number of aliphatic hydroxyl groups is 1. The second-order valence-electron chi connectivity index (χ2n) is 5.38. The minimum atomic E-state index is -0.364. The number of methoxy groups -OCH3 is 1. The molecule has 0 saturated carbocycles.